The van der Waals surface area contributed by atoms with Crippen molar-refractivity contribution in [1.82, 2.24) is 0 Å². The van der Waals surface area contributed by atoms with Gasteiger partial charge in [0, 0.05) is 24.2 Å². The minimum Gasteiger partial charge on any atom is -0.393 e. The van der Waals surface area contributed by atoms with E-state index in [0.717, 1.165) is 12.8 Å². The van der Waals surface area contributed by atoms with Crippen LogP contribution < -0.4 is 60.2 Å². The molecule has 0 aliphatic heterocycles. The summed E-state index contributed by atoms with van der Waals surface area (Å²) in [6, 6.07) is 0.458. The Morgan fingerprint density at radius 2 is 0.621 bits per heavy atom. The molecule has 0 aromatic carbocycles. The molecule has 2 saturated carbocycles. The van der Waals surface area contributed by atoms with Crippen LogP contribution in [-0.2, 0) is 17.1 Å². The predicted molar refractivity (Wildman–Crippen MR) is 71.6 cm³/mol. The smallest absolute Gasteiger partial charge is 0.393 e. The van der Waals surface area contributed by atoms with Crippen molar-refractivity contribution in [1.29, 1.82) is 0 Å². The van der Waals surface area contributed by atoms with Gasteiger partial charge in [-0.2, -0.15) is 0 Å². The zero-order valence-corrected chi connectivity index (χ0v) is 17.7. The van der Waals surface area contributed by atoms with Crippen LogP contribution in [0.3, 0.4) is 0 Å². The zero-order valence-electron chi connectivity index (χ0n) is 15.2. The van der Waals surface area contributed by atoms with Crippen LogP contribution in [0, 0.1) is 20.5 Å². The van der Waals surface area contributed by atoms with E-state index in [0.29, 0.717) is 25.7 Å². The molecule has 0 aromatic rings. The van der Waals surface area contributed by atoms with E-state index in [1.54, 1.807) is 0 Å². The van der Waals surface area contributed by atoms with E-state index >= 15 is 0 Å². The molecule has 0 heterocycles. The normalized spacial score (nSPS) is 32.1. The number of halogens is 2. The van der Waals surface area contributed by atoms with Crippen molar-refractivity contribution < 1.29 is 85.0 Å². The van der Waals surface area contributed by atoms with E-state index in [2.05, 4.69) is 0 Å². The van der Waals surface area contributed by atoms with Gasteiger partial charge >= 0.3 is 17.1 Å². The Kier molecular flexibility index (Phi) is 19.1. The molecule has 181 valence electrons. The van der Waals surface area contributed by atoms with Gasteiger partial charge in [0.15, 0.2) is 0 Å². The van der Waals surface area contributed by atoms with Crippen LogP contribution in [0.2, 0.25) is 0 Å². The Labute approximate surface area is 183 Å². The zero-order chi connectivity index (χ0) is 22.7. The van der Waals surface area contributed by atoms with Crippen molar-refractivity contribution in [3.05, 3.63) is 0 Å². The van der Waals surface area contributed by atoms with Crippen molar-refractivity contribution in [2.45, 2.75) is 74.9 Å². The van der Waals surface area contributed by atoms with Crippen molar-refractivity contribution in [3.8, 4) is 0 Å². The molecule has 2 aliphatic carbocycles. The first kappa shape index (κ1) is 34.2. The maximum Gasteiger partial charge on any atom is 2.00 e. The minimum atomic E-state index is -4.94. The number of nitrogens with two attached hydrogens (primary N) is 4. The Balaban J connectivity index is -0.000000321. The Morgan fingerprint density at radius 3 is 0.724 bits per heavy atom. The third-order valence-electron chi connectivity index (χ3n) is 3.51. The van der Waals surface area contributed by atoms with Crippen molar-refractivity contribution >= 4 is 0 Å². The fraction of sp³-hybridized carbons (Fsp3) is 1.00. The molecular formula is C12H28Cl2CuN4O10. The molecule has 0 spiro atoms. The number of hydrogen-bond acceptors (Lipinski definition) is 14. The summed E-state index contributed by atoms with van der Waals surface area (Å²) in [5.41, 5.74) is 22.3. The van der Waals surface area contributed by atoms with Gasteiger partial charge in [0.05, 0.1) is 12.2 Å². The van der Waals surface area contributed by atoms with Gasteiger partial charge in [0.2, 0.25) is 0 Å². The standard InChI is InChI=1S/2C6H14N2O.2ClHO4.Cu/c2*7-4-1-5(8)3-6(9)2-4;2*2-1(3,4)5;/h2*4-6,9H,1-3,7-8H2;2*(H,2,3,4,5);/q;;;;+2/p-2/t2*4-,5+,6?;;;. The summed E-state index contributed by atoms with van der Waals surface area (Å²) in [5, 5.41) is 18.2. The molecule has 0 bridgehead atoms. The van der Waals surface area contributed by atoms with Crippen LogP contribution in [0.1, 0.15) is 38.5 Å². The van der Waals surface area contributed by atoms with Crippen molar-refractivity contribution in [2.24, 2.45) is 22.9 Å². The van der Waals surface area contributed by atoms with Crippen LogP contribution in [-0.4, -0.2) is 46.6 Å². The summed E-state index contributed by atoms with van der Waals surface area (Å²) in [6.07, 6.45) is 4.06. The van der Waals surface area contributed by atoms with E-state index in [4.69, 9.17) is 70.4 Å². The van der Waals surface area contributed by atoms with Gasteiger partial charge in [0.1, 0.15) is 0 Å². The average molecular weight is 523 g/mol. The number of rotatable bonds is 0. The minimum absolute atomic E-state index is 0. The summed E-state index contributed by atoms with van der Waals surface area (Å²) in [6.45, 7) is 0. The van der Waals surface area contributed by atoms with Gasteiger partial charge in [0.25, 0.3) is 0 Å². The summed E-state index contributed by atoms with van der Waals surface area (Å²) in [4.78, 5) is 0. The SMILES string of the molecule is N[C@@H]1CC(O)C[C@H](N)C1.N[C@@H]1CC(O)C[C@H](N)C1.[Cu+2].[O-][Cl+3]([O-])([O-])[O-].[O-][Cl+3]([O-])([O-])[O-]. The molecule has 10 N–H and O–H groups in total. The molecule has 0 amide bonds. The topological polar surface area (TPSA) is 329 Å². The van der Waals surface area contributed by atoms with Crippen LogP contribution in [0.4, 0.5) is 0 Å². The molecule has 17 heteroatoms. The Hall–Kier alpha value is 0.539. The molecule has 0 saturated heterocycles. The van der Waals surface area contributed by atoms with E-state index in [9.17, 15) is 0 Å². The Morgan fingerprint density at radius 1 is 0.483 bits per heavy atom. The largest absolute Gasteiger partial charge is 2.00 e. The maximum absolute atomic E-state index is 9.09. The molecule has 2 aliphatic rings. The molecule has 2 rings (SSSR count). The number of aliphatic hydroxyl groups is 2. The van der Waals surface area contributed by atoms with Gasteiger partial charge in [-0.15, -0.1) is 20.5 Å². The fourth-order valence-corrected chi connectivity index (χ4v) is 2.75. The average Bonchev–Trinajstić information content (AvgIpc) is 2.30. The van der Waals surface area contributed by atoms with E-state index in [1.807, 2.05) is 0 Å². The van der Waals surface area contributed by atoms with E-state index < -0.39 is 20.5 Å². The van der Waals surface area contributed by atoms with Gasteiger partial charge in [-0.1, -0.05) is 0 Å². The Bertz CT molecular complexity index is 310. The molecule has 6 atom stereocenters. The molecular weight excluding hydrogens is 495 g/mol. The second kappa shape index (κ2) is 16.2. The van der Waals surface area contributed by atoms with Crippen LogP contribution in [0.25, 0.3) is 0 Å². The van der Waals surface area contributed by atoms with E-state index in [1.165, 1.54) is 0 Å². The summed E-state index contributed by atoms with van der Waals surface area (Å²) in [5.74, 6) is 0. The maximum atomic E-state index is 9.09. The summed E-state index contributed by atoms with van der Waals surface area (Å²) < 4.78 is 67.9. The monoisotopic (exact) mass is 521 g/mol. The van der Waals surface area contributed by atoms with Gasteiger partial charge in [-0.05, 0) is 38.5 Å². The number of aliphatic hydroxyl groups excluding tert-OH is 2. The molecule has 1 radical (unpaired) electrons. The third-order valence-corrected chi connectivity index (χ3v) is 3.51. The summed E-state index contributed by atoms with van der Waals surface area (Å²) in [7, 11) is -9.89. The quantitative estimate of drug-likeness (QED) is 0.161. The molecule has 2 unspecified atom stereocenters. The van der Waals surface area contributed by atoms with Gasteiger partial charge < -0.3 is 33.1 Å². The first-order valence-corrected chi connectivity index (χ1v) is 10.5. The fourth-order valence-electron chi connectivity index (χ4n) is 2.75. The summed E-state index contributed by atoms with van der Waals surface area (Å²) >= 11 is 0. The predicted octanol–water partition coefficient (Wildman–Crippen LogP) is -11.1. The number of hydrogen-bond donors (Lipinski definition) is 6. The molecule has 0 aromatic heterocycles. The van der Waals surface area contributed by atoms with Crippen molar-refractivity contribution in [2.75, 3.05) is 0 Å². The molecule has 29 heavy (non-hydrogen) atoms. The molecule has 14 nitrogen and oxygen atoms in total. The first-order chi connectivity index (χ1) is 12.4. The van der Waals surface area contributed by atoms with Crippen LogP contribution in [0.5, 0.6) is 0 Å². The van der Waals surface area contributed by atoms with E-state index in [-0.39, 0.29) is 53.4 Å². The van der Waals surface area contributed by atoms with Gasteiger partial charge in [-0.25, -0.2) is 37.3 Å². The third kappa shape index (κ3) is 33.4. The van der Waals surface area contributed by atoms with Crippen LogP contribution in [0.15, 0.2) is 0 Å². The van der Waals surface area contributed by atoms with Crippen LogP contribution >= 0.6 is 0 Å². The molecule has 2 fully saturated rings. The second-order valence-electron chi connectivity index (χ2n) is 6.52. The second-order valence-corrected chi connectivity index (χ2v) is 8.03. The first-order valence-electron chi connectivity index (χ1n) is 7.98. The van der Waals surface area contributed by atoms with Gasteiger partial charge in [-0.3, -0.25) is 0 Å². The van der Waals surface area contributed by atoms with Crippen molar-refractivity contribution in [3.63, 3.8) is 0 Å².